The number of benzene rings is 2. The van der Waals surface area contributed by atoms with Gasteiger partial charge in [-0.3, -0.25) is 4.79 Å². The number of fused-ring (bicyclic) bond motifs is 1. The number of anilines is 1. The first-order valence-corrected chi connectivity index (χ1v) is 9.49. The maximum absolute atomic E-state index is 13.7. The third-order valence-corrected chi connectivity index (χ3v) is 4.74. The molecule has 164 valence electrons. The van der Waals surface area contributed by atoms with Crippen LogP contribution in [0.4, 0.5) is 23.2 Å². The molecule has 0 saturated carbocycles. The van der Waals surface area contributed by atoms with Crippen LogP contribution in [0.25, 0.3) is 16.9 Å². The molecule has 0 bridgehead atoms. The number of halogens is 5. The summed E-state index contributed by atoms with van der Waals surface area (Å²) in [6.45, 7) is -3.05. The molecule has 1 amide bonds. The molecule has 0 unspecified atom stereocenters. The molecule has 4 rings (SSSR count). The zero-order valence-corrected chi connectivity index (χ0v) is 16.7. The van der Waals surface area contributed by atoms with Crippen LogP contribution in [0.3, 0.4) is 0 Å². The summed E-state index contributed by atoms with van der Waals surface area (Å²) >= 11 is 5.90. The maximum Gasteiger partial charge on any atom is 0.387 e. The molecule has 32 heavy (non-hydrogen) atoms. The highest BCUT2D eigenvalue weighted by Gasteiger charge is 2.22. The molecular formula is C21H13ClF4N4O2. The van der Waals surface area contributed by atoms with Crippen LogP contribution < -0.4 is 10.1 Å². The topological polar surface area (TPSA) is 68.5 Å². The standard InChI is InChI=1S/C21H13ClF4N4O2/c22-14-8-12(6-7-17(14)32-21(25)26)28-20(31)13-10-27-30-16(18(23)24)9-15(29-19(13)30)11-4-2-1-3-5-11/h1-10,18,21H,(H,28,31). The van der Waals surface area contributed by atoms with E-state index in [1.54, 1.807) is 30.3 Å². The van der Waals surface area contributed by atoms with Crippen molar-refractivity contribution in [2.75, 3.05) is 5.32 Å². The Morgan fingerprint density at radius 1 is 1.06 bits per heavy atom. The minimum atomic E-state index is -3.05. The quantitative estimate of drug-likeness (QED) is 0.364. The molecule has 0 aliphatic rings. The minimum absolute atomic E-state index is 0.0614. The summed E-state index contributed by atoms with van der Waals surface area (Å²) in [6, 6.07) is 13.6. The SMILES string of the molecule is O=C(Nc1ccc(OC(F)F)c(Cl)c1)c1cnn2c(C(F)F)cc(-c3ccccc3)nc12. The lowest BCUT2D eigenvalue weighted by molar-refractivity contribution is -0.0497. The molecule has 1 N–H and O–H groups in total. The Hall–Kier alpha value is -3.66. The van der Waals surface area contributed by atoms with Crippen molar-refractivity contribution >= 4 is 28.8 Å². The van der Waals surface area contributed by atoms with Gasteiger partial charge in [0, 0.05) is 11.3 Å². The molecule has 2 aromatic heterocycles. The van der Waals surface area contributed by atoms with Crippen molar-refractivity contribution in [3.8, 4) is 17.0 Å². The van der Waals surface area contributed by atoms with E-state index in [1.165, 1.54) is 24.3 Å². The number of hydrogen-bond acceptors (Lipinski definition) is 4. The molecule has 0 atom stereocenters. The van der Waals surface area contributed by atoms with E-state index in [0.29, 0.717) is 5.56 Å². The van der Waals surface area contributed by atoms with Crippen molar-refractivity contribution < 1.29 is 27.1 Å². The summed E-state index contributed by atoms with van der Waals surface area (Å²) in [5, 5.41) is 6.26. The average Bonchev–Trinajstić information content (AvgIpc) is 3.19. The molecule has 0 fully saturated rings. The zero-order chi connectivity index (χ0) is 22.8. The molecule has 2 aromatic carbocycles. The number of carbonyl (C=O) groups is 1. The molecule has 0 aliphatic carbocycles. The van der Waals surface area contributed by atoms with Crippen LogP contribution in [0.2, 0.25) is 5.02 Å². The summed E-state index contributed by atoms with van der Waals surface area (Å²) in [5.74, 6) is -0.956. The van der Waals surface area contributed by atoms with Gasteiger partial charge in [-0.25, -0.2) is 18.3 Å². The van der Waals surface area contributed by atoms with Crippen LogP contribution >= 0.6 is 11.6 Å². The van der Waals surface area contributed by atoms with Gasteiger partial charge in [-0.05, 0) is 24.3 Å². The van der Waals surface area contributed by atoms with Crippen molar-refractivity contribution in [1.82, 2.24) is 14.6 Å². The molecule has 0 saturated heterocycles. The number of ether oxygens (including phenoxy) is 1. The minimum Gasteiger partial charge on any atom is -0.433 e. The molecular weight excluding hydrogens is 452 g/mol. The fourth-order valence-corrected chi connectivity index (χ4v) is 3.25. The van der Waals surface area contributed by atoms with Gasteiger partial charge in [-0.2, -0.15) is 13.9 Å². The van der Waals surface area contributed by atoms with E-state index in [1.807, 2.05) is 0 Å². The van der Waals surface area contributed by atoms with E-state index in [4.69, 9.17) is 11.6 Å². The third-order valence-electron chi connectivity index (χ3n) is 4.44. The molecule has 2 heterocycles. The smallest absolute Gasteiger partial charge is 0.387 e. The average molecular weight is 465 g/mol. The number of amides is 1. The first-order valence-electron chi connectivity index (χ1n) is 9.11. The van der Waals surface area contributed by atoms with Crippen LogP contribution in [-0.4, -0.2) is 27.1 Å². The number of rotatable bonds is 6. The second kappa shape index (κ2) is 8.83. The first kappa shape index (κ1) is 21.6. The van der Waals surface area contributed by atoms with Gasteiger partial charge in [0.25, 0.3) is 12.3 Å². The van der Waals surface area contributed by atoms with Gasteiger partial charge < -0.3 is 10.1 Å². The second-order valence-corrected chi connectivity index (χ2v) is 6.91. The summed E-state index contributed by atoms with van der Waals surface area (Å²) in [5.41, 5.74) is 0.459. The number of alkyl halides is 4. The van der Waals surface area contributed by atoms with Crippen molar-refractivity contribution in [3.05, 3.63) is 77.1 Å². The third kappa shape index (κ3) is 4.35. The predicted molar refractivity (Wildman–Crippen MR) is 109 cm³/mol. The fraction of sp³-hybridized carbons (Fsp3) is 0.0952. The van der Waals surface area contributed by atoms with Crippen molar-refractivity contribution in [1.29, 1.82) is 0 Å². The van der Waals surface area contributed by atoms with E-state index in [2.05, 4.69) is 20.1 Å². The Kier molecular flexibility index (Phi) is 5.95. The van der Waals surface area contributed by atoms with E-state index in [-0.39, 0.29) is 33.4 Å². The van der Waals surface area contributed by atoms with Gasteiger partial charge in [0.05, 0.1) is 16.9 Å². The normalized spacial score (nSPS) is 11.3. The van der Waals surface area contributed by atoms with Gasteiger partial charge in [0.2, 0.25) is 0 Å². The molecule has 11 heteroatoms. The Bertz CT molecular complexity index is 1280. The van der Waals surface area contributed by atoms with Crippen molar-refractivity contribution in [2.24, 2.45) is 0 Å². The number of carbonyl (C=O) groups excluding carboxylic acids is 1. The largest absolute Gasteiger partial charge is 0.433 e. The van der Waals surface area contributed by atoms with E-state index in [0.717, 1.165) is 10.7 Å². The lowest BCUT2D eigenvalue weighted by Crippen LogP contribution is -2.13. The van der Waals surface area contributed by atoms with E-state index >= 15 is 0 Å². The van der Waals surface area contributed by atoms with E-state index in [9.17, 15) is 22.4 Å². The summed E-state index contributed by atoms with van der Waals surface area (Å²) < 4.78 is 57.2. The van der Waals surface area contributed by atoms with Crippen molar-refractivity contribution in [3.63, 3.8) is 0 Å². The van der Waals surface area contributed by atoms with Crippen LogP contribution in [-0.2, 0) is 0 Å². The summed E-state index contributed by atoms with van der Waals surface area (Å²) in [7, 11) is 0. The van der Waals surface area contributed by atoms with Crippen LogP contribution in [0.1, 0.15) is 22.5 Å². The van der Waals surface area contributed by atoms with Gasteiger partial charge >= 0.3 is 6.61 Å². The van der Waals surface area contributed by atoms with Gasteiger partial charge in [0.15, 0.2) is 5.65 Å². The molecule has 0 aliphatic heterocycles. The lowest BCUT2D eigenvalue weighted by atomic mass is 10.1. The summed E-state index contributed by atoms with van der Waals surface area (Å²) in [6.07, 6.45) is -1.74. The maximum atomic E-state index is 13.7. The highest BCUT2D eigenvalue weighted by Crippen LogP contribution is 2.30. The molecule has 6 nitrogen and oxygen atoms in total. The van der Waals surface area contributed by atoms with Gasteiger partial charge in [0.1, 0.15) is 17.0 Å². The highest BCUT2D eigenvalue weighted by molar-refractivity contribution is 6.32. The van der Waals surface area contributed by atoms with Crippen LogP contribution in [0, 0.1) is 0 Å². The van der Waals surface area contributed by atoms with Crippen LogP contribution in [0.15, 0.2) is 60.8 Å². The number of nitrogens with one attached hydrogen (secondary N) is 1. The Morgan fingerprint density at radius 3 is 2.47 bits per heavy atom. The zero-order valence-electron chi connectivity index (χ0n) is 16.0. The lowest BCUT2D eigenvalue weighted by Gasteiger charge is -2.10. The highest BCUT2D eigenvalue weighted by atomic mass is 35.5. The Labute approximate surface area is 183 Å². The molecule has 0 spiro atoms. The summed E-state index contributed by atoms with van der Waals surface area (Å²) in [4.78, 5) is 17.2. The predicted octanol–water partition coefficient (Wildman–Crippen LogP) is 5.84. The number of aromatic nitrogens is 3. The Balaban J connectivity index is 1.70. The fourth-order valence-electron chi connectivity index (χ4n) is 3.03. The van der Waals surface area contributed by atoms with Gasteiger partial charge in [-0.15, -0.1) is 0 Å². The number of nitrogens with zero attached hydrogens (tertiary/aromatic N) is 3. The Morgan fingerprint density at radius 2 is 1.81 bits per heavy atom. The van der Waals surface area contributed by atoms with Crippen LogP contribution in [0.5, 0.6) is 5.75 Å². The monoisotopic (exact) mass is 464 g/mol. The molecule has 0 radical (unpaired) electrons. The van der Waals surface area contributed by atoms with E-state index < -0.39 is 24.6 Å². The number of hydrogen-bond donors (Lipinski definition) is 1. The molecule has 4 aromatic rings. The van der Waals surface area contributed by atoms with Gasteiger partial charge in [-0.1, -0.05) is 41.9 Å². The first-order chi connectivity index (χ1) is 15.3. The van der Waals surface area contributed by atoms with Crippen molar-refractivity contribution in [2.45, 2.75) is 13.0 Å². The second-order valence-electron chi connectivity index (χ2n) is 6.50.